The van der Waals surface area contributed by atoms with Gasteiger partial charge in [-0.2, -0.15) is 5.21 Å². The molecule has 0 spiro atoms. The fourth-order valence-corrected chi connectivity index (χ4v) is 2.36. The van der Waals surface area contributed by atoms with E-state index in [2.05, 4.69) is 40.9 Å². The van der Waals surface area contributed by atoms with Gasteiger partial charge in [0, 0.05) is 23.8 Å². The first-order valence-corrected chi connectivity index (χ1v) is 8.55. The molecular weight excluding hydrogens is 392 g/mol. The molecule has 1 amide bonds. The van der Waals surface area contributed by atoms with Crippen molar-refractivity contribution in [3.63, 3.8) is 0 Å². The smallest absolute Gasteiger partial charge is 0.341 e. The summed E-state index contributed by atoms with van der Waals surface area (Å²) in [7, 11) is 0. The van der Waals surface area contributed by atoms with Crippen molar-refractivity contribution in [1.82, 2.24) is 35.6 Å². The molecular formula is C18H16N8O4. The van der Waals surface area contributed by atoms with E-state index in [9.17, 15) is 14.4 Å². The number of aromatic carboxylic acids is 1. The van der Waals surface area contributed by atoms with Crippen molar-refractivity contribution in [3.05, 3.63) is 76.9 Å². The van der Waals surface area contributed by atoms with Crippen LogP contribution in [0.4, 0.5) is 5.69 Å². The van der Waals surface area contributed by atoms with Crippen LogP contribution in [0.1, 0.15) is 16.2 Å². The molecule has 0 saturated heterocycles. The minimum Gasteiger partial charge on any atom is -0.477 e. The molecule has 0 fully saturated rings. The average molecular weight is 408 g/mol. The summed E-state index contributed by atoms with van der Waals surface area (Å²) in [4.78, 5) is 43.3. The summed E-state index contributed by atoms with van der Waals surface area (Å²) >= 11 is 0. The molecule has 4 rings (SSSR count). The number of carboxylic acids is 1. The number of nitrogens with zero attached hydrogens (tertiary/aromatic N) is 4. The molecule has 0 bridgehead atoms. The summed E-state index contributed by atoms with van der Waals surface area (Å²) in [6.45, 7) is 0. The number of rotatable bonds is 5. The van der Waals surface area contributed by atoms with Crippen LogP contribution in [0.25, 0.3) is 11.3 Å². The maximum atomic E-state index is 11.8. The van der Waals surface area contributed by atoms with Crippen LogP contribution in [-0.4, -0.2) is 52.6 Å². The molecule has 0 aliphatic heterocycles. The lowest BCUT2D eigenvalue weighted by atomic mass is 10.1. The third kappa shape index (κ3) is 5.45. The standard InChI is InChI=1S/C15H12N6O4.C3H4N2/c22-13(7-12-18-20-21-19-12)16-9-3-1-8(2-4-9)11-6-5-10(15(24)25)14(23)17-11;1-2-5-3-4-1/h1-6H,7H2,(H,16,22)(H,17,23)(H,24,25)(H,18,19,20,21);1-3H,(H,4,5). The van der Waals surface area contributed by atoms with Gasteiger partial charge in [0.1, 0.15) is 5.56 Å². The number of nitrogens with one attached hydrogen (secondary N) is 4. The van der Waals surface area contributed by atoms with Gasteiger partial charge in [-0.1, -0.05) is 17.3 Å². The van der Waals surface area contributed by atoms with Crippen LogP contribution < -0.4 is 10.9 Å². The Bertz CT molecular complexity index is 1130. The zero-order valence-corrected chi connectivity index (χ0v) is 15.4. The third-order valence-electron chi connectivity index (χ3n) is 3.73. The molecule has 12 nitrogen and oxygen atoms in total. The molecule has 0 aliphatic carbocycles. The molecule has 12 heteroatoms. The van der Waals surface area contributed by atoms with Crippen LogP contribution in [0.15, 0.2) is 59.9 Å². The molecule has 152 valence electrons. The number of benzene rings is 1. The van der Waals surface area contributed by atoms with Gasteiger partial charge in [0.25, 0.3) is 5.56 Å². The number of amides is 1. The summed E-state index contributed by atoms with van der Waals surface area (Å²) < 4.78 is 0. The zero-order chi connectivity index (χ0) is 21.3. The van der Waals surface area contributed by atoms with Gasteiger partial charge in [0.15, 0.2) is 5.82 Å². The number of pyridine rings is 1. The van der Waals surface area contributed by atoms with E-state index in [-0.39, 0.29) is 23.7 Å². The first-order valence-electron chi connectivity index (χ1n) is 8.55. The van der Waals surface area contributed by atoms with Gasteiger partial charge in [-0.25, -0.2) is 9.78 Å². The maximum absolute atomic E-state index is 11.8. The van der Waals surface area contributed by atoms with Gasteiger partial charge in [0.2, 0.25) is 5.91 Å². The highest BCUT2D eigenvalue weighted by atomic mass is 16.4. The number of aromatic nitrogens is 7. The van der Waals surface area contributed by atoms with Crippen molar-refractivity contribution in [1.29, 1.82) is 0 Å². The fraction of sp³-hybridized carbons (Fsp3) is 0.0556. The molecule has 0 unspecified atom stereocenters. The second-order valence-corrected chi connectivity index (χ2v) is 5.81. The van der Waals surface area contributed by atoms with Crippen molar-refractivity contribution < 1.29 is 14.7 Å². The molecule has 4 aromatic rings. The minimum absolute atomic E-state index is 0.0117. The molecule has 1 aromatic carbocycles. The van der Waals surface area contributed by atoms with Crippen LogP contribution in [0.5, 0.6) is 0 Å². The van der Waals surface area contributed by atoms with E-state index < -0.39 is 11.5 Å². The predicted molar refractivity (Wildman–Crippen MR) is 105 cm³/mol. The lowest BCUT2D eigenvalue weighted by molar-refractivity contribution is -0.115. The number of H-pyrrole nitrogens is 3. The van der Waals surface area contributed by atoms with Gasteiger partial charge >= 0.3 is 5.97 Å². The van der Waals surface area contributed by atoms with Crippen molar-refractivity contribution in [2.75, 3.05) is 5.32 Å². The number of hydrogen-bond donors (Lipinski definition) is 5. The van der Waals surface area contributed by atoms with Crippen molar-refractivity contribution >= 4 is 17.6 Å². The lowest BCUT2D eigenvalue weighted by Gasteiger charge is -2.06. The van der Waals surface area contributed by atoms with Gasteiger partial charge in [-0.3, -0.25) is 9.59 Å². The highest BCUT2D eigenvalue weighted by Crippen LogP contribution is 2.19. The van der Waals surface area contributed by atoms with Gasteiger partial charge in [0.05, 0.1) is 12.7 Å². The highest BCUT2D eigenvalue weighted by Gasteiger charge is 2.10. The Morgan fingerprint density at radius 3 is 2.43 bits per heavy atom. The Morgan fingerprint density at radius 2 is 1.90 bits per heavy atom. The average Bonchev–Trinajstić information content (AvgIpc) is 3.45. The van der Waals surface area contributed by atoms with Crippen molar-refractivity contribution in [2.45, 2.75) is 6.42 Å². The summed E-state index contributed by atoms with van der Waals surface area (Å²) in [5, 5.41) is 24.6. The molecule has 0 saturated carbocycles. The van der Waals surface area contributed by atoms with Crippen molar-refractivity contribution in [2.24, 2.45) is 0 Å². The molecule has 0 aliphatic rings. The SMILES string of the molecule is O=C(Cc1nn[nH]n1)Nc1ccc(-c2ccc(C(=O)O)c(=O)[nH]2)cc1.c1c[nH]cn1. The van der Waals surface area contributed by atoms with E-state index in [1.165, 1.54) is 12.1 Å². The number of carbonyl (C=O) groups is 2. The molecule has 30 heavy (non-hydrogen) atoms. The summed E-state index contributed by atoms with van der Waals surface area (Å²) in [6, 6.07) is 9.46. The quantitative estimate of drug-likeness (QED) is 0.322. The van der Waals surface area contributed by atoms with Crippen LogP contribution in [0, 0.1) is 0 Å². The van der Waals surface area contributed by atoms with E-state index in [1.807, 2.05) is 0 Å². The molecule has 0 radical (unpaired) electrons. The Balaban J connectivity index is 0.000000448. The molecule has 3 heterocycles. The number of tetrazole rings is 1. The Kier molecular flexibility index (Phi) is 6.41. The molecule has 3 aromatic heterocycles. The van der Waals surface area contributed by atoms with E-state index in [4.69, 9.17) is 5.11 Å². The van der Waals surface area contributed by atoms with Gasteiger partial charge < -0.3 is 20.4 Å². The highest BCUT2D eigenvalue weighted by molar-refractivity contribution is 5.92. The largest absolute Gasteiger partial charge is 0.477 e. The first kappa shape index (κ1) is 20.1. The topological polar surface area (TPSA) is 182 Å². The Labute approximate surface area is 168 Å². The summed E-state index contributed by atoms with van der Waals surface area (Å²) in [6.07, 6.45) is 5.07. The zero-order valence-electron chi connectivity index (χ0n) is 15.4. The van der Waals surface area contributed by atoms with E-state index in [0.29, 0.717) is 16.9 Å². The van der Waals surface area contributed by atoms with Crippen molar-refractivity contribution in [3.8, 4) is 11.3 Å². The van der Waals surface area contributed by atoms with Gasteiger partial charge in [-0.05, 0) is 29.8 Å². The summed E-state index contributed by atoms with van der Waals surface area (Å²) in [5.41, 5.74) is 0.697. The normalized spacial score (nSPS) is 10.0. The van der Waals surface area contributed by atoms with E-state index in [1.54, 1.807) is 43.0 Å². The minimum atomic E-state index is -1.28. The second-order valence-electron chi connectivity index (χ2n) is 5.81. The fourth-order valence-electron chi connectivity index (χ4n) is 2.36. The summed E-state index contributed by atoms with van der Waals surface area (Å²) in [5.74, 6) is -1.30. The van der Waals surface area contributed by atoms with E-state index in [0.717, 1.165) is 0 Å². The number of anilines is 1. The van der Waals surface area contributed by atoms with Crippen LogP contribution in [-0.2, 0) is 11.2 Å². The predicted octanol–water partition coefficient (Wildman–Crippen LogP) is 0.844. The van der Waals surface area contributed by atoms with Crippen LogP contribution >= 0.6 is 0 Å². The maximum Gasteiger partial charge on any atom is 0.341 e. The molecule has 0 atom stereocenters. The van der Waals surface area contributed by atoms with Crippen LogP contribution in [0.2, 0.25) is 0 Å². The first-order chi connectivity index (χ1) is 14.5. The number of aromatic amines is 3. The van der Waals surface area contributed by atoms with Crippen LogP contribution in [0.3, 0.4) is 0 Å². The second kappa shape index (κ2) is 9.54. The number of carboxylic acid groups (broad SMARTS) is 1. The number of carbonyl (C=O) groups excluding carboxylic acids is 1. The Morgan fingerprint density at radius 1 is 1.10 bits per heavy atom. The Hall–Kier alpha value is -4.61. The third-order valence-corrected chi connectivity index (χ3v) is 3.73. The lowest BCUT2D eigenvalue weighted by Crippen LogP contribution is -2.17. The van der Waals surface area contributed by atoms with E-state index >= 15 is 0 Å². The van der Waals surface area contributed by atoms with Gasteiger partial charge in [-0.15, -0.1) is 10.2 Å². The number of imidazole rings is 1. The molecule has 5 N–H and O–H groups in total. The number of hydrogen-bond acceptors (Lipinski definition) is 7. The monoisotopic (exact) mass is 408 g/mol.